The SMILES string of the molecule is N#Cc1cnc(-c2c(Cl)cccc2Cl)c(-c2c(Cl)cccc2Cl)c1. The lowest BCUT2D eigenvalue weighted by Crippen LogP contribution is -1.94. The largest absolute Gasteiger partial charge is 0.254 e. The highest BCUT2D eigenvalue weighted by Gasteiger charge is 2.19. The molecular formula is C18H8Cl4N2. The highest BCUT2D eigenvalue weighted by molar-refractivity contribution is 6.41. The lowest BCUT2D eigenvalue weighted by Gasteiger charge is -2.14. The lowest BCUT2D eigenvalue weighted by atomic mass is 9.97. The quantitative estimate of drug-likeness (QED) is 0.474. The van der Waals surface area contributed by atoms with Crippen molar-refractivity contribution in [2.24, 2.45) is 0 Å². The Balaban J connectivity index is 2.40. The molecule has 1 heterocycles. The van der Waals surface area contributed by atoms with Crippen LogP contribution in [0.2, 0.25) is 20.1 Å². The molecule has 0 radical (unpaired) electrons. The molecule has 0 spiro atoms. The summed E-state index contributed by atoms with van der Waals surface area (Å²) in [5.41, 5.74) is 2.64. The predicted octanol–water partition coefficient (Wildman–Crippen LogP) is 6.90. The fraction of sp³-hybridized carbons (Fsp3) is 0. The molecule has 2 aromatic carbocycles. The maximum Gasteiger partial charge on any atom is 0.101 e. The van der Waals surface area contributed by atoms with Gasteiger partial charge in [-0.05, 0) is 30.3 Å². The normalized spacial score (nSPS) is 10.5. The van der Waals surface area contributed by atoms with E-state index in [1.54, 1.807) is 42.5 Å². The van der Waals surface area contributed by atoms with E-state index in [1.165, 1.54) is 6.20 Å². The second kappa shape index (κ2) is 7.01. The molecule has 3 aromatic rings. The van der Waals surface area contributed by atoms with E-state index >= 15 is 0 Å². The Hall–Kier alpha value is -1.76. The van der Waals surface area contributed by atoms with Crippen molar-refractivity contribution in [1.82, 2.24) is 4.98 Å². The average molecular weight is 394 g/mol. The van der Waals surface area contributed by atoms with Crippen molar-refractivity contribution in [2.75, 3.05) is 0 Å². The number of halogens is 4. The van der Waals surface area contributed by atoms with E-state index < -0.39 is 0 Å². The molecule has 0 fully saturated rings. The van der Waals surface area contributed by atoms with Crippen LogP contribution in [0.3, 0.4) is 0 Å². The fourth-order valence-corrected chi connectivity index (χ4v) is 3.57. The van der Waals surface area contributed by atoms with Crippen LogP contribution >= 0.6 is 46.4 Å². The first kappa shape index (κ1) is 17.1. The summed E-state index contributed by atoms with van der Waals surface area (Å²) in [6.07, 6.45) is 1.46. The third-order valence-corrected chi connectivity index (χ3v) is 4.71. The highest BCUT2D eigenvalue weighted by atomic mass is 35.5. The van der Waals surface area contributed by atoms with Gasteiger partial charge >= 0.3 is 0 Å². The number of nitrogens with zero attached hydrogens (tertiary/aromatic N) is 2. The predicted molar refractivity (Wildman–Crippen MR) is 99.9 cm³/mol. The zero-order valence-corrected chi connectivity index (χ0v) is 15.0. The second-order valence-corrected chi connectivity index (χ2v) is 6.55. The van der Waals surface area contributed by atoms with Crippen LogP contribution in [0.1, 0.15) is 5.56 Å². The molecule has 0 unspecified atom stereocenters. The minimum Gasteiger partial charge on any atom is -0.254 e. The van der Waals surface area contributed by atoms with Crippen LogP contribution in [0.25, 0.3) is 22.4 Å². The molecule has 24 heavy (non-hydrogen) atoms. The molecule has 0 aliphatic rings. The maximum atomic E-state index is 9.21. The van der Waals surface area contributed by atoms with Gasteiger partial charge in [0.1, 0.15) is 6.07 Å². The third kappa shape index (κ3) is 3.09. The number of nitriles is 1. The van der Waals surface area contributed by atoms with E-state index in [0.717, 1.165) is 0 Å². The van der Waals surface area contributed by atoms with Gasteiger partial charge in [0.05, 0.1) is 21.3 Å². The number of aromatic nitrogens is 1. The van der Waals surface area contributed by atoms with Crippen molar-refractivity contribution in [3.05, 3.63) is 74.3 Å². The van der Waals surface area contributed by atoms with E-state index in [1.807, 2.05) is 0 Å². The highest BCUT2D eigenvalue weighted by Crippen LogP contribution is 2.43. The van der Waals surface area contributed by atoms with Gasteiger partial charge in [-0.3, -0.25) is 4.98 Å². The minimum absolute atomic E-state index is 0.382. The smallest absolute Gasteiger partial charge is 0.101 e. The zero-order chi connectivity index (χ0) is 17.3. The topological polar surface area (TPSA) is 36.7 Å². The summed E-state index contributed by atoms with van der Waals surface area (Å²) in [5.74, 6) is 0. The number of pyridine rings is 1. The van der Waals surface area contributed by atoms with Gasteiger partial charge < -0.3 is 0 Å². The molecule has 118 valence electrons. The van der Waals surface area contributed by atoms with Gasteiger partial charge in [-0.25, -0.2) is 0 Å². The summed E-state index contributed by atoms with van der Waals surface area (Å²) in [6, 6.07) is 14.1. The Bertz CT molecular complexity index is 937. The summed E-state index contributed by atoms with van der Waals surface area (Å²) < 4.78 is 0. The number of benzene rings is 2. The van der Waals surface area contributed by atoms with E-state index in [2.05, 4.69) is 11.1 Å². The lowest BCUT2D eigenvalue weighted by molar-refractivity contribution is 1.30. The van der Waals surface area contributed by atoms with E-state index in [-0.39, 0.29) is 0 Å². The molecule has 0 amide bonds. The number of hydrogen-bond acceptors (Lipinski definition) is 2. The zero-order valence-electron chi connectivity index (χ0n) is 12.0. The summed E-state index contributed by atoms with van der Waals surface area (Å²) in [4.78, 5) is 4.39. The van der Waals surface area contributed by atoms with Crippen molar-refractivity contribution >= 4 is 46.4 Å². The first-order valence-electron chi connectivity index (χ1n) is 6.82. The van der Waals surface area contributed by atoms with E-state index in [4.69, 9.17) is 46.4 Å². The van der Waals surface area contributed by atoms with Crippen LogP contribution < -0.4 is 0 Å². The van der Waals surface area contributed by atoms with Crippen LogP contribution in [0, 0.1) is 11.3 Å². The van der Waals surface area contributed by atoms with Gasteiger partial charge in [0, 0.05) is 32.9 Å². The van der Waals surface area contributed by atoms with Gasteiger partial charge in [-0.2, -0.15) is 5.26 Å². The molecule has 2 nitrogen and oxygen atoms in total. The van der Waals surface area contributed by atoms with Crippen LogP contribution in [-0.2, 0) is 0 Å². The molecule has 0 atom stereocenters. The van der Waals surface area contributed by atoms with E-state index in [0.29, 0.717) is 48.0 Å². The molecule has 3 rings (SSSR count). The van der Waals surface area contributed by atoms with Crippen molar-refractivity contribution < 1.29 is 0 Å². The Morgan fingerprint density at radius 3 is 1.79 bits per heavy atom. The summed E-state index contributed by atoms with van der Waals surface area (Å²) in [6.45, 7) is 0. The van der Waals surface area contributed by atoms with Gasteiger partial charge in [0.25, 0.3) is 0 Å². The molecule has 0 bridgehead atoms. The molecule has 0 saturated carbocycles. The Labute approximate surface area is 159 Å². The summed E-state index contributed by atoms with van der Waals surface area (Å²) >= 11 is 25.3. The molecule has 0 saturated heterocycles. The van der Waals surface area contributed by atoms with Gasteiger partial charge in [-0.15, -0.1) is 0 Å². The first-order valence-corrected chi connectivity index (χ1v) is 8.33. The standard InChI is InChI=1S/C18H8Cl4N2/c19-12-3-1-4-13(20)16(12)11-7-10(8-23)9-24-18(11)17-14(21)5-2-6-15(17)22/h1-7,9H. The van der Waals surface area contributed by atoms with Gasteiger partial charge in [-0.1, -0.05) is 58.5 Å². The third-order valence-electron chi connectivity index (χ3n) is 3.45. The number of hydrogen-bond donors (Lipinski definition) is 0. The Kier molecular flexibility index (Phi) is 4.99. The summed E-state index contributed by atoms with van der Waals surface area (Å²) in [5, 5.41) is 11.0. The van der Waals surface area contributed by atoms with Crippen LogP contribution in [0.5, 0.6) is 0 Å². The minimum atomic E-state index is 0.382. The van der Waals surface area contributed by atoms with Crippen LogP contribution in [0.4, 0.5) is 0 Å². The fourth-order valence-electron chi connectivity index (χ4n) is 2.39. The molecule has 6 heteroatoms. The second-order valence-electron chi connectivity index (χ2n) is 4.93. The van der Waals surface area contributed by atoms with E-state index in [9.17, 15) is 5.26 Å². The average Bonchev–Trinajstić information content (AvgIpc) is 2.55. The van der Waals surface area contributed by atoms with Crippen molar-refractivity contribution in [1.29, 1.82) is 5.26 Å². The summed E-state index contributed by atoms with van der Waals surface area (Å²) in [7, 11) is 0. The molecular weight excluding hydrogens is 386 g/mol. The molecule has 1 aromatic heterocycles. The molecule has 0 aliphatic heterocycles. The molecule has 0 aliphatic carbocycles. The Morgan fingerprint density at radius 2 is 1.29 bits per heavy atom. The maximum absolute atomic E-state index is 9.21. The van der Waals surface area contributed by atoms with Crippen LogP contribution in [-0.4, -0.2) is 4.98 Å². The first-order chi connectivity index (χ1) is 11.5. The van der Waals surface area contributed by atoms with Crippen molar-refractivity contribution in [3.8, 4) is 28.5 Å². The van der Waals surface area contributed by atoms with Gasteiger partial charge in [0.15, 0.2) is 0 Å². The van der Waals surface area contributed by atoms with Gasteiger partial charge in [0.2, 0.25) is 0 Å². The monoisotopic (exact) mass is 392 g/mol. The van der Waals surface area contributed by atoms with Crippen molar-refractivity contribution in [2.45, 2.75) is 0 Å². The Morgan fingerprint density at radius 1 is 0.792 bits per heavy atom. The molecule has 0 N–H and O–H groups in total. The van der Waals surface area contributed by atoms with Crippen LogP contribution in [0.15, 0.2) is 48.7 Å². The van der Waals surface area contributed by atoms with Crippen molar-refractivity contribution in [3.63, 3.8) is 0 Å². The number of rotatable bonds is 2.